The maximum Gasteiger partial charge on any atom is 0.252 e. The third-order valence-electron chi connectivity index (χ3n) is 29.4. The monoisotopic (exact) mass is 1720 g/mol. The molecule has 0 saturated heterocycles. The van der Waals surface area contributed by atoms with Crippen molar-refractivity contribution in [2.45, 2.75) is 89.4 Å². The van der Waals surface area contributed by atoms with E-state index in [1.165, 1.54) is 55.6 Å². The molecule has 0 unspecified atom stereocenters. The van der Waals surface area contributed by atoms with Crippen LogP contribution in [0.2, 0.25) is 0 Å². The van der Waals surface area contributed by atoms with Crippen molar-refractivity contribution in [3.05, 3.63) is 480 Å². The number of rotatable bonds is 9. The van der Waals surface area contributed by atoms with Gasteiger partial charge in [0.2, 0.25) is 0 Å². The first-order chi connectivity index (χ1) is 68.2. The fraction of sp³-hybridized carbons (Fsp3) is 0.109. The fourth-order valence-electron chi connectivity index (χ4n) is 23.0. The molecule has 2 aliphatic carbocycles. The standard InChI is InChI=1S/C128H96BN3O2/c1-124(2,3)89-67-88(68-90(75-89)125(4,5)6)85-55-62-109-115(72-85)131(112-64-56-82(79-33-13-10-14-34-79)69-98(112)86-53-60-107-121(73-86)133-119-51-31-28-48-105(119)127(107)101-44-24-19-39-93(101)94-40-20-25-45-102(94)127)117-76-91(126(7,8)9)77-118-123(117)129(109)110-63-59-92(130-111-50-30-23-43-97(111)100-71-84(58-66-114(100)130)81-37-17-12-18-38-81)78-116(110)132(118)113-65-57-83(80-35-15-11-16-36-80)70-99(113)87-54-61-108-122(74-87)134-120-52-32-29-49-106(120)128(108)103-46-26-21-41-95(103)96-42-22-27-47-104(96)128/h10-78H,1-9H3/i23D,30D,43D,50D,58D,66D,71D. The Morgan fingerprint density at radius 2 is 0.634 bits per heavy atom. The lowest BCUT2D eigenvalue weighted by molar-refractivity contribution is 0.436. The molecule has 20 aromatic rings. The van der Waals surface area contributed by atoms with E-state index in [-0.39, 0.29) is 68.4 Å². The number of hydrogen-bond donors (Lipinski definition) is 0. The number of anilines is 6. The second-order valence-corrected chi connectivity index (χ2v) is 40.0. The van der Waals surface area contributed by atoms with Crippen LogP contribution in [0.25, 0.3) is 117 Å². The van der Waals surface area contributed by atoms with Gasteiger partial charge < -0.3 is 23.8 Å². The summed E-state index contributed by atoms with van der Waals surface area (Å²) >= 11 is 0. The van der Waals surface area contributed by atoms with E-state index in [0.29, 0.717) is 17.0 Å². The summed E-state index contributed by atoms with van der Waals surface area (Å²) in [6.07, 6.45) is 0. The topological polar surface area (TPSA) is 29.9 Å². The van der Waals surface area contributed by atoms with E-state index in [0.717, 1.165) is 151 Å². The molecular formula is C128H96BN3O2. The highest BCUT2D eigenvalue weighted by Crippen LogP contribution is 2.66. The van der Waals surface area contributed by atoms with Crippen molar-refractivity contribution in [1.29, 1.82) is 0 Å². The lowest BCUT2D eigenvalue weighted by atomic mass is 9.33. The molecule has 0 N–H and O–H groups in total. The lowest BCUT2D eigenvalue weighted by Gasteiger charge is -2.46. The Bertz CT molecular complexity index is 8680. The first-order valence-corrected chi connectivity index (χ1v) is 46.7. The maximum atomic E-state index is 10.5. The van der Waals surface area contributed by atoms with Gasteiger partial charge in [0.15, 0.2) is 0 Å². The zero-order chi connectivity index (χ0) is 96.1. The molecule has 5 nitrogen and oxygen atoms in total. The van der Waals surface area contributed by atoms with E-state index < -0.39 is 35.0 Å². The molecule has 134 heavy (non-hydrogen) atoms. The second kappa shape index (κ2) is 29.4. The van der Waals surface area contributed by atoms with Gasteiger partial charge in [-0.05, 0) is 246 Å². The van der Waals surface area contributed by atoms with E-state index in [1.54, 1.807) is 4.57 Å². The molecule has 0 saturated carbocycles. The first-order valence-electron chi connectivity index (χ1n) is 50.2. The Morgan fingerprint density at radius 1 is 0.254 bits per heavy atom. The highest BCUT2D eigenvalue weighted by Gasteiger charge is 2.54. The number of nitrogens with zero attached hydrogens (tertiary/aromatic N) is 3. The smallest absolute Gasteiger partial charge is 0.252 e. The minimum Gasteiger partial charge on any atom is -0.457 e. The predicted molar refractivity (Wildman–Crippen MR) is 558 cm³/mol. The quantitative estimate of drug-likeness (QED) is 0.135. The molecule has 0 fully saturated rings. The van der Waals surface area contributed by atoms with E-state index in [2.05, 4.69) is 412 Å². The molecule has 5 heterocycles. The summed E-state index contributed by atoms with van der Waals surface area (Å²) in [5.41, 5.74) is 34.4. The lowest BCUT2D eigenvalue weighted by Crippen LogP contribution is -2.61. The predicted octanol–water partition coefficient (Wildman–Crippen LogP) is 31.7. The molecule has 0 atom stereocenters. The van der Waals surface area contributed by atoms with Crippen molar-refractivity contribution in [1.82, 2.24) is 4.57 Å². The largest absolute Gasteiger partial charge is 0.457 e. The van der Waals surface area contributed by atoms with Gasteiger partial charge in [0.25, 0.3) is 6.71 Å². The molecule has 0 amide bonds. The van der Waals surface area contributed by atoms with E-state index in [4.69, 9.17) is 9.47 Å². The number of aromatic nitrogens is 1. The molecule has 0 bridgehead atoms. The van der Waals surface area contributed by atoms with Gasteiger partial charge in [0.1, 0.15) is 23.0 Å². The summed E-state index contributed by atoms with van der Waals surface area (Å²) in [5.74, 6) is 3.04. The van der Waals surface area contributed by atoms with Crippen molar-refractivity contribution in [2.24, 2.45) is 0 Å². The highest BCUT2D eigenvalue weighted by molar-refractivity contribution is 7.00. The van der Waals surface area contributed by atoms with Crippen molar-refractivity contribution < 1.29 is 19.1 Å². The van der Waals surface area contributed by atoms with Crippen LogP contribution in [0.1, 0.15) is 133 Å². The zero-order valence-corrected chi connectivity index (χ0v) is 76.0. The maximum absolute atomic E-state index is 10.5. The highest BCUT2D eigenvalue weighted by atomic mass is 16.5. The Kier molecular flexibility index (Phi) is 15.8. The molecule has 6 aliphatic rings. The molecule has 0 radical (unpaired) electrons. The Balaban J connectivity index is 0.785. The number of ether oxygens (including phenoxy) is 2. The van der Waals surface area contributed by atoms with Crippen LogP contribution in [0.3, 0.4) is 0 Å². The molecule has 638 valence electrons. The number of hydrogen-bond acceptors (Lipinski definition) is 4. The van der Waals surface area contributed by atoms with Gasteiger partial charge in [-0.25, -0.2) is 0 Å². The van der Waals surface area contributed by atoms with Crippen molar-refractivity contribution in [3.63, 3.8) is 0 Å². The van der Waals surface area contributed by atoms with Crippen molar-refractivity contribution >= 4 is 79.0 Å². The molecule has 1 aromatic heterocycles. The summed E-state index contributed by atoms with van der Waals surface area (Å²) in [7, 11) is 0. The fourth-order valence-corrected chi connectivity index (χ4v) is 23.0. The van der Waals surface area contributed by atoms with Crippen LogP contribution in [0, 0.1) is 0 Å². The zero-order valence-electron chi connectivity index (χ0n) is 83.0. The Morgan fingerprint density at radius 3 is 1.11 bits per heavy atom. The molecule has 2 spiro atoms. The van der Waals surface area contributed by atoms with Crippen molar-refractivity contribution in [2.75, 3.05) is 9.80 Å². The normalized spacial score (nSPS) is 14.8. The van der Waals surface area contributed by atoms with Gasteiger partial charge in [-0.2, -0.15) is 0 Å². The molecule has 26 rings (SSSR count). The van der Waals surface area contributed by atoms with Crippen LogP contribution < -0.4 is 35.7 Å². The van der Waals surface area contributed by atoms with E-state index in [1.807, 2.05) is 36.4 Å². The second-order valence-electron chi connectivity index (χ2n) is 40.0. The van der Waals surface area contributed by atoms with Gasteiger partial charge in [0, 0.05) is 72.6 Å². The van der Waals surface area contributed by atoms with Gasteiger partial charge in [0.05, 0.1) is 42.8 Å². The van der Waals surface area contributed by atoms with Gasteiger partial charge in [-0.3, -0.25) is 0 Å². The summed E-state index contributed by atoms with van der Waals surface area (Å²) in [4.78, 5) is 5.04. The Labute approximate surface area is 794 Å². The van der Waals surface area contributed by atoms with Gasteiger partial charge in [-0.15, -0.1) is 0 Å². The van der Waals surface area contributed by atoms with E-state index in [9.17, 15) is 9.60 Å². The van der Waals surface area contributed by atoms with Crippen LogP contribution in [0.15, 0.2) is 418 Å². The molecule has 4 aliphatic heterocycles. The summed E-state index contributed by atoms with van der Waals surface area (Å²) in [6, 6.07) is 134. The van der Waals surface area contributed by atoms with Crippen LogP contribution >= 0.6 is 0 Å². The minimum atomic E-state index is -0.762. The van der Waals surface area contributed by atoms with Crippen LogP contribution in [-0.2, 0) is 27.1 Å². The average Bonchev–Trinajstić information content (AvgIpc) is 1.63. The van der Waals surface area contributed by atoms with Gasteiger partial charge in [-0.1, -0.05) is 384 Å². The molecular weight excluding hydrogens is 1620 g/mol. The van der Waals surface area contributed by atoms with Crippen LogP contribution in [0.4, 0.5) is 34.1 Å². The first kappa shape index (κ1) is 72.0. The molecule has 6 heteroatoms. The summed E-state index contributed by atoms with van der Waals surface area (Å²) < 4.78 is 87.1. The van der Waals surface area contributed by atoms with Crippen molar-refractivity contribution in [3.8, 4) is 118 Å². The average molecular weight is 1730 g/mol. The van der Waals surface area contributed by atoms with E-state index >= 15 is 0 Å². The third kappa shape index (κ3) is 11.8. The van der Waals surface area contributed by atoms with Gasteiger partial charge >= 0.3 is 0 Å². The number of para-hydroxylation sites is 3. The third-order valence-corrected chi connectivity index (χ3v) is 29.4. The van der Waals surface area contributed by atoms with Crippen LogP contribution in [-0.4, -0.2) is 11.3 Å². The molecule has 19 aromatic carbocycles. The number of fused-ring (bicyclic) bond motifs is 25. The summed E-state index contributed by atoms with van der Waals surface area (Å²) in [6.45, 7) is 20.2. The summed E-state index contributed by atoms with van der Waals surface area (Å²) in [5, 5.41) is 0.240. The minimum absolute atomic E-state index is 0.0888. The SMILES string of the molecule is [2H]c1c([2H])c([2H])c2c(c1[2H])c1c([2H])c(-c3ccccc3)c([2H])c([2H])c1n2-c1ccc2c(c1)N(c1ccc(-c3ccccc3)cc1-c1ccc3c(c1)Oc1ccccc1C31c3ccccc3-c3ccccc31)c1cc(C(C)(C)C)cc3c1B2c1ccc(-c2cc(C(C)(C)C)cc(C(C)(C)C)c2)cc1N3c1ccc(-c2ccccc2)cc1-c1ccc2c(c1)Oc1ccccc1C21c2ccccc2-c2ccccc21. The van der Waals surface area contributed by atoms with Crippen LogP contribution in [0.5, 0.6) is 23.0 Å². The number of benzene rings is 19. The Hall–Kier alpha value is -15.8.